The predicted molar refractivity (Wildman–Crippen MR) is 75.2 cm³/mol. The molecule has 0 bridgehead atoms. The average Bonchev–Trinajstić information content (AvgIpc) is 2.78. The molecule has 118 valence electrons. The van der Waals surface area contributed by atoms with Crippen molar-refractivity contribution in [2.45, 2.75) is 36.7 Å². The van der Waals surface area contributed by atoms with Gasteiger partial charge in [-0.25, -0.2) is 13.1 Å². The largest absolute Gasteiger partial charge is 0.480 e. The molecule has 1 aromatic rings. The predicted octanol–water partition coefficient (Wildman–Crippen LogP) is -0.364. The van der Waals surface area contributed by atoms with Gasteiger partial charge < -0.3 is 5.11 Å². The van der Waals surface area contributed by atoms with E-state index < -0.39 is 16.0 Å². The number of nitrogens with zero attached hydrogens (tertiary/aromatic N) is 3. The van der Waals surface area contributed by atoms with E-state index in [0.717, 1.165) is 0 Å². The van der Waals surface area contributed by atoms with Crippen LogP contribution >= 0.6 is 0 Å². The lowest BCUT2D eigenvalue weighted by Gasteiger charge is -2.41. The molecule has 1 aromatic heterocycles. The lowest BCUT2D eigenvalue weighted by molar-refractivity contribution is -0.139. The number of aryl methyl sites for hydroxylation is 1. The van der Waals surface area contributed by atoms with Gasteiger partial charge >= 0.3 is 5.97 Å². The third-order valence-electron chi connectivity index (χ3n) is 3.69. The molecule has 1 aliphatic rings. The minimum Gasteiger partial charge on any atom is -0.480 e. The molecule has 9 heteroatoms. The fourth-order valence-corrected chi connectivity index (χ4v) is 3.72. The van der Waals surface area contributed by atoms with Crippen LogP contribution in [-0.4, -0.2) is 59.3 Å². The van der Waals surface area contributed by atoms with Gasteiger partial charge in [-0.3, -0.25) is 14.4 Å². The van der Waals surface area contributed by atoms with Gasteiger partial charge in [-0.2, -0.15) is 5.10 Å². The van der Waals surface area contributed by atoms with Crippen LogP contribution in [0.2, 0.25) is 0 Å². The van der Waals surface area contributed by atoms with Crippen molar-refractivity contribution in [3.05, 3.63) is 12.4 Å². The van der Waals surface area contributed by atoms with Crippen molar-refractivity contribution in [3.8, 4) is 0 Å². The summed E-state index contributed by atoms with van der Waals surface area (Å²) in [6.07, 6.45) is 4.00. The van der Waals surface area contributed by atoms with Gasteiger partial charge in [0.1, 0.15) is 4.90 Å². The zero-order valence-corrected chi connectivity index (χ0v) is 12.9. The summed E-state index contributed by atoms with van der Waals surface area (Å²) in [6.45, 7) is 2.53. The molecule has 2 N–H and O–H groups in total. The summed E-state index contributed by atoms with van der Waals surface area (Å²) in [5.41, 5.74) is 0. The number of aliphatic carboxylic acids is 1. The van der Waals surface area contributed by atoms with E-state index in [4.69, 9.17) is 5.11 Å². The maximum atomic E-state index is 12.1. The molecule has 2 rings (SSSR count). The van der Waals surface area contributed by atoms with Gasteiger partial charge in [0, 0.05) is 25.3 Å². The van der Waals surface area contributed by atoms with Crippen LogP contribution in [0.15, 0.2) is 17.3 Å². The first kappa shape index (κ1) is 15.9. The third kappa shape index (κ3) is 3.80. The van der Waals surface area contributed by atoms with Crippen molar-refractivity contribution in [1.29, 1.82) is 0 Å². The molecule has 1 aliphatic carbocycles. The third-order valence-corrected chi connectivity index (χ3v) is 5.16. The monoisotopic (exact) mass is 316 g/mol. The smallest absolute Gasteiger partial charge is 0.317 e. The Kier molecular flexibility index (Phi) is 4.64. The summed E-state index contributed by atoms with van der Waals surface area (Å²) in [5.74, 6) is -0.865. The van der Waals surface area contributed by atoms with E-state index in [0.29, 0.717) is 19.4 Å². The van der Waals surface area contributed by atoms with Gasteiger partial charge in [-0.1, -0.05) is 6.92 Å². The maximum Gasteiger partial charge on any atom is 0.317 e. The highest BCUT2D eigenvalue weighted by atomic mass is 32.2. The summed E-state index contributed by atoms with van der Waals surface area (Å²) in [6, 6.07) is -0.0317. The van der Waals surface area contributed by atoms with Gasteiger partial charge in [-0.05, 0) is 19.4 Å². The molecule has 21 heavy (non-hydrogen) atoms. The second kappa shape index (κ2) is 6.12. The summed E-state index contributed by atoms with van der Waals surface area (Å²) in [7, 11) is -1.89. The zero-order valence-electron chi connectivity index (χ0n) is 12.1. The Morgan fingerprint density at radius 2 is 2.24 bits per heavy atom. The Hall–Kier alpha value is -1.45. The first-order valence-electron chi connectivity index (χ1n) is 6.78. The van der Waals surface area contributed by atoms with Crippen molar-refractivity contribution in [3.63, 3.8) is 0 Å². The number of nitrogens with one attached hydrogen (secondary N) is 1. The highest BCUT2D eigenvalue weighted by molar-refractivity contribution is 7.89. The second-order valence-corrected chi connectivity index (χ2v) is 6.96. The minimum atomic E-state index is -3.55. The number of carbonyl (C=O) groups is 1. The van der Waals surface area contributed by atoms with Crippen LogP contribution in [0, 0.1) is 0 Å². The number of rotatable bonds is 7. The lowest BCUT2D eigenvalue weighted by atomic mass is 9.86. The Labute approximate surface area is 123 Å². The second-order valence-electron chi connectivity index (χ2n) is 5.25. The zero-order chi connectivity index (χ0) is 15.6. The molecular formula is C12H20N4O4S. The number of sulfonamides is 1. The Bertz CT molecular complexity index is 607. The van der Waals surface area contributed by atoms with Crippen LogP contribution in [-0.2, 0) is 21.9 Å². The molecule has 1 fully saturated rings. The standard InChI is InChI=1S/C12H20N4O4S/c1-3-16(8-12(17)18)10-4-9(5-10)14-21(19,20)11-6-13-15(2)7-11/h6-7,9-10,14H,3-5,8H2,1-2H3,(H,17,18). The Morgan fingerprint density at radius 3 is 2.71 bits per heavy atom. The molecule has 0 amide bonds. The molecule has 1 heterocycles. The first-order valence-corrected chi connectivity index (χ1v) is 8.27. The van der Waals surface area contributed by atoms with Crippen molar-refractivity contribution in [2.75, 3.05) is 13.1 Å². The molecule has 0 aromatic carbocycles. The molecule has 0 saturated heterocycles. The normalized spacial score (nSPS) is 22.2. The van der Waals surface area contributed by atoms with E-state index in [1.807, 2.05) is 11.8 Å². The van der Waals surface area contributed by atoms with Gasteiger partial charge in [0.15, 0.2) is 0 Å². The van der Waals surface area contributed by atoms with Crippen LogP contribution in [0.3, 0.4) is 0 Å². The number of carboxylic acids is 1. The van der Waals surface area contributed by atoms with E-state index >= 15 is 0 Å². The summed E-state index contributed by atoms with van der Waals surface area (Å²) < 4.78 is 28.3. The van der Waals surface area contributed by atoms with Crippen LogP contribution in [0.4, 0.5) is 0 Å². The lowest BCUT2D eigenvalue weighted by Crippen LogP contribution is -2.54. The fraction of sp³-hybridized carbons (Fsp3) is 0.667. The molecule has 0 radical (unpaired) electrons. The topological polar surface area (TPSA) is 105 Å². The number of hydrogen-bond acceptors (Lipinski definition) is 5. The van der Waals surface area contributed by atoms with Crippen molar-refractivity contribution in [2.24, 2.45) is 7.05 Å². The quantitative estimate of drug-likeness (QED) is 0.711. The van der Waals surface area contributed by atoms with Crippen LogP contribution in [0.1, 0.15) is 19.8 Å². The highest BCUT2D eigenvalue weighted by Gasteiger charge is 2.36. The van der Waals surface area contributed by atoms with Gasteiger partial charge in [0.2, 0.25) is 10.0 Å². The van der Waals surface area contributed by atoms with E-state index in [1.165, 1.54) is 17.1 Å². The average molecular weight is 316 g/mol. The van der Waals surface area contributed by atoms with E-state index in [1.54, 1.807) is 7.05 Å². The Balaban J connectivity index is 1.89. The van der Waals surface area contributed by atoms with Gasteiger partial charge in [-0.15, -0.1) is 0 Å². The summed E-state index contributed by atoms with van der Waals surface area (Å²) in [5, 5.41) is 12.7. The minimum absolute atomic E-state index is 0.0107. The van der Waals surface area contributed by atoms with Gasteiger partial charge in [0.25, 0.3) is 0 Å². The number of aromatic nitrogens is 2. The molecule has 8 nitrogen and oxygen atoms in total. The molecule has 1 saturated carbocycles. The molecular weight excluding hydrogens is 296 g/mol. The Morgan fingerprint density at radius 1 is 1.57 bits per heavy atom. The van der Waals surface area contributed by atoms with Crippen molar-refractivity contribution in [1.82, 2.24) is 19.4 Å². The van der Waals surface area contributed by atoms with Crippen molar-refractivity contribution >= 4 is 16.0 Å². The number of hydrogen-bond donors (Lipinski definition) is 2. The molecule has 0 aliphatic heterocycles. The van der Waals surface area contributed by atoms with Crippen LogP contribution in [0.5, 0.6) is 0 Å². The SMILES string of the molecule is CCN(CC(=O)O)C1CC(NS(=O)(=O)c2cnn(C)c2)C1. The van der Waals surface area contributed by atoms with Crippen LogP contribution < -0.4 is 4.72 Å². The van der Waals surface area contributed by atoms with Crippen molar-refractivity contribution < 1.29 is 18.3 Å². The molecule has 0 spiro atoms. The molecule has 0 atom stereocenters. The van der Waals surface area contributed by atoms with E-state index in [2.05, 4.69) is 9.82 Å². The highest BCUT2D eigenvalue weighted by Crippen LogP contribution is 2.27. The van der Waals surface area contributed by atoms with Gasteiger partial charge in [0.05, 0.1) is 12.7 Å². The maximum absolute atomic E-state index is 12.1. The van der Waals surface area contributed by atoms with E-state index in [9.17, 15) is 13.2 Å². The summed E-state index contributed by atoms with van der Waals surface area (Å²) >= 11 is 0. The number of carboxylic acid groups (broad SMARTS) is 1. The summed E-state index contributed by atoms with van der Waals surface area (Å²) in [4.78, 5) is 12.7. The fourth-order valence-electron chi connectivity index (χ4n) is 2.48. The first-order chi connectivity index (χ1) is 9.81. The van der Waals surface area contributed by atoms with Crippen LogP contribution in [0.25, 0.3) is 0 Å². The number of likely N-dealkylation sites (N-methyl/N-ethyl adjacent to an activating group) is 1. The van der Waals surface area contributed by atoms with E-state index in [-0.39, 0.29) is 23.5 Å². The molecule has 0 unspecified atom stereocenters.